The number of rotatable bonds is 9. The highest BCUT2D eigenvalue weighted by Gasteiger charge is 2.08. The van der Waals surface area contributed by atoms with Gasteiger partial charge < -0.3 is 25.8 Å². The van der Waals surface area contributed by atoms with Crippen LogP contribution in [0.4, 0.5) is 16.2 Å². The average Bonchev–Trinajstić information content (AvgIpc) is 2.71. The third-order valence-electron chi connectivity index (χ3n) is 4.51. The maximum atomic E-state index is 12.2. The van der Waals surface area contributed by atoms with Crippen molar-refractivity contribution in [1.82, 2.24) is 15.5 Å². The summed E-state index contributed by atoms with van der Waals surface area (Å²) in [7, 11) is 5.92. The maximum Gasteiger partial charge on any atom is 0.319 e. The van der Waals surface area contributed by atoms with Crippen LogP contribution in [0.15, 0.2) is 48.5 Å². The van der Waals surface area contributed by atoms with Gasteiger partial charge in [-0.1, -0.05) is 18.2 Å². The maximum absolute atomic E-state index is 12.2. The van der Waals surface area contributed by atoms with Crippen LogP contribution in [0.5, 0.6) is 0 Å². The van der Waals surface area contributed by atoms with Crippen molar-refractivity contribution in [3.63, 3.8) is 0 Å². The molecule has 0 unspecified atom stereocenters. The molecule has 3 N–H and O–H groups in total. The van der Waals surface area contributed by atoms with Crippen LogP contribution in [0.1, 0.15) is 22.8 Å². The largest absolute Gasteiger partial charge is 0.375 e. The molecule has 3 amide bonds. The molecule has 0 bridgehead atoms. The summed E-state index contributed by atoms with van der Waals surface area (Å²) in [6.07, 6.45) is 0. The van der Waals surface area contributed by atoms with Crippen molar-refractivity contribution in [3.05, 3.63) is 59.7 Å². The van der Waals surface area contributed by atoms with E-state index in [2.05, 4.69) is 27.8 Å². The van der Waals surface area contributed by atoms with E-state index in [-0.39, 0.29) is 11.9 Å². The fraction of sp³-hybridized carbons (Fsp3) is 0.364. The summed E-state index contributed by atoms with van der Waals surface area (Å²) in [6, 6.07) is 14.7. The van der Waals surface area contributed by atoms with Gasteiger partial charge in [-0.25, -0.2) is 4.79 Å². The third kappa shape index (κ3) is 7.46. The highest BCUT2D eigenvalue weighted by atomic mass is 16.2. The standard InChI is InChI=1S/C22H31N5O2/c1-5-27(4)20-11-7-10-19(15-20)25-22(29)24-16-17-8-6-9-18(14-17)21(28)23-12-13-26(2)3/h6-11,14-15H,5,12-13,16H2,1-4H3,(H,23,28)(H2,24,25,29). The van der Waals surface area contributed by atoms with E-state index in [9.17, 15) is 9.59 Å². The van der Waals surface area contributed by atoms with Gasteiger partial charge in [0, 0.05) is 50.2 Å². The topological polar surface area (TPSA) is 76.7 Å². The van der Waals surface area contributed by atoms with E-state index in [4.69, 9.17) is 0 Å². The number of likely N-dealkylation sites (N-methyl/N-ethyl adjacent to an activating group) is 1. The van der Waals surface area contributed by atoms with Crippen molar-refractivity contribution in [2.24, 2.45) is 0 Å². The Morgan fingerprint density at radius 3 is 2.45 bits per heavy atom. The zero-order valence-corrected chi connectivity index (χ0v) is 17.7. The highest BCUT2D eigenvalue weighted by Crippen LogP contribution is 2.18. The van der Waals surface area contributed by atoms with Gasteiger partial charge >= 0.3 is 6.03 Å². The number of carbonyl (C=O) groups excluding carboxylic acids is 2. The van der Waals surface area contributed by atoms with Gasteiger partial charge in [0.15, 0.2) is 0 Å². The van der Waals surface area contributed by atoms with Crippen molar-refractivity contribution >= 4 is 23.3 Å². The fourth-order valence-corrected chi connectivity index (χ4v) is 2.68. The van der Waals surface area contributed by atoms with Gasteiger partial charge in [0.05, 0.1) is 0 Å². The number of hydrogen-bond acceptors (Lipinski definition) is 4. The third-order valence-corrected chi connectivity index (χ3v) is 4.51. The summed E-state index contributed by atoms with van der Waals surface area (Å²) < 4.78 is 0. The number of anilines is 2. The second-order valence-corrected chi connectivity index (χ2v) is 7.13. The molecule has 2 rings (SSSR count). The molecule has 0 saturated carbocycles. The Morgan fingerprint density at radius 2 is 1.72 bits per heavy atom. The lowest BCUT2D eigenvalue weighted by Crippen LogP contribution is -2.31. The molecule has 0 aliphatic rings. The number of urea groups is 1. The summed E-state index contributed by atoms with van der Waals surface area (Å²) in [6.45, 7) is 4.66. The summed E-state index contributed by atoms with van der Waals surface area (Å²) in [5.41, 5.74) is 3.21. The van der Waals surface area contributed by atoms with E-state index < -0.39 is 0 Å². The number of amides is 3. The van der Waals surface area contributed by atoms with Crippen LogP contribution < -0.4 is 20.9 Å². The van der Waals surface area contributed by atoms with Crippen LogP contribution in [0.2, 0.25) is 0 Å². The Labute approximate surface area is 173 Å². The molecule has 0 heterocycles. The van der Waals surface area contributed by atoms with Crippen LogP contribution in [0.25, 0.3) is 0 Å². The Hall–Kier alpha value is -3.06. The van der Waals surface area contributed by atoms with E-state index in [1.165, 1.54) is 0 Å². The Bertz CT molecular complexity index is 822. The minimum absolute atomic E-state index is 0.116. The lowest BCUT2D eigenvalue weighted by Gasteiger charge is -2.17. The zero-order valence-electron chi connectivity index (χ0n) is 17.7. The molecule has 0 spiro atoms. The van der Waals surface area contributed by atoms with Crippen LogP contribution >= 0.6 is 0 Å². The van der Waals surface area contributed by atoms with Crippen LogP contribution in [0.3, 0.4) is 0 Å². The van der Waals surface area contributed by atoms with Crippen LogP contribution in [-0.2, 0) is 6.54 Å². The first-order valence-electron chi connectivity index (χ1n) is 9.77. The molecule has 2 aromatic carbocycles. The molecule has 2 aromatic rings. The molecule has 0 aromatic heterocycles. The summed E-state index contributed by atoms with van der Waals surface area (Å²) >= 11 is 0. The van der Waals surface area contributed by atoms with Gasteiger partial charge in [-0.05, 0) is 56.9 Å². The van der Waals surface area contributed by atoms with E-state index in [0.717, 1.165) is 30.0 Å². The first kappa shape index (κ1) is 22.2. The lowest BCUT2D eigenvalue weighted by molar-refractivity contribution is 0.0951. The molecule has 0 saturated heterocycles. The average molecular weight is 398 g/mol. The molecule has 0 radical (unpaired) electrons. The zero-order chi connectivity index (χ0) is 21.2. The number of benzene rings is 2. The number of carbonyl (C=O) groups is 2. The molecule has 0 aliphatic carbocycles. The normalized spacial score (nSPS) is 10.5. The van der Waals surface area contributed by atoms with Crippen molar-refractivity contribution in [2.75, 3.05) is 51.0 Å². The Kier molecular flexibility index (Phi) is 8.48. The summed E-state index contributed by atoms with van der Waals surface area (Å²) in [4.78, 5) is 28.6. The van der Waals surface area contributed by atoms with Gasteiger partial charge in [0.1, 0.15) is 0 Å². The van der Waals surface area contributed by atoms with Gasteiger partial charge in [-0.3, -0.25) is 4.79 Å². The quantitative estimate of drug-likeness (QED) is 0.608. The number of nitrogens with zero attached hydrogens (tertiary/aromatic N) is 2. The molecule has 29 heavy (non-hydrogen) atoms. The van der Waals surface area contributed by atoms with Crippen molar-refractivity contribution < 1.29 is 9.59 Å². The van der Waals surface area contributed by atoms with Gasteiger partial charge in [0.2, 0.25) is 0 Å². The van der Waals surface area contributed by atoms with E-state index in [0.29, 0.717) is 18.7 Å². The number of nitrogens with one attached hydrogen (secondary N) is 3. The molecule has 0 fully saturated rings. The molecule has 0 aliphatic heterocycles. The van der Waals surface area contributed by atoms with E-state index in [1.54, 1.807) is 12.1 Å². The Morgan fingerprint density at radius 1 is 0.966 bits per heavy atom. The minimum Gasteiger partial charge on any atom is -0.375 e. The monoisotopic (exact) mass is 397 g/mol. The number of hydrogen-bond donors (Lipinski definition) is 3. The first-order valence-corrected chi connectivity index (χ1v) is 9.77. The molecular formula is C22H31N5O2. The highest BCUT2D eigenvalue weighted by molar-refractivity contribution is 5.94. The van der Waals surface area contributed by atoms with Gasteiger partial charge in [0.25, 0.3) is 5.91 Å². The summed E-state index contributed by atoms with van der Waals surface area (Å²) in [5, 5.41) is 8.57. The molecule has 7 nitrogen and oxygen atoms in total. The van der Waals surface area contributed by atoms with Gasteiger partial charge in [-0.2, -0.15) is 0 Å². The predicted molar refractivity (Wildman–Crippen MR) is 119 cm³/mol. The second kappa shape index (κ2) is 11.1. The SMILES string of the molecule is CCN(C)c1cccc(NC(=O)NCc2cccc(C(=O)NCCN(C)C)c2)c1. The van der Waals surface area contributed by atoms with E-state index in [1.807, 2.05) is 62.4 Å². The molecule has 156 valence electrons. The fourth-order valence-electron chi connectivity index (χ4n) is 2.68. The minimum atomic E-state index is -0.290. The molecule has 0 atom stereocenters. The summed E-state index contributed by atoms with van der Waals surface area (Å²) in [5.74, 6) is -0.116. The van der Waals surface area contributed by atoms with Gasteiger partial charge in [-0.15, -0.1) is 0 Å². The van der Waals surface area contributed by atoms with E-state index >= 15 is 0 Å². The van der Waals surface area contributed by atoms with Crippen molar-refractivity contribution in [3.8, 4) is 0 Å². The van der Waals surface area contributed by atoms with Crippen LogP contribution in [-0.4, -0.2) is 57.6 Å². The van der Waals surface area contributed by atoms with Crippen LogP contribution in [0, 0.1) is 0 Å². The lowest BCUT2D eigenvalue weighted by atomic mass is 10.1. The van der Waals surface area contributed by atoms with Crippen molar-refractivity contribution in [2.45, 2.75) is 13.5 Å². The second-order valence-electron chi connectivity index (χ2n) is 7.13. The molecular weight excluding hydrogens is 366 g/mol. The van der Waals surface area contributed by atoms with Crippen molar-refractivity contribution in [1.29, 1.82) is 0 Å². The first-order chi connectivity index (χ1) is 13.9. The molecule has 7 heteroatoms. The smallest absolute Gasteiger partial charge is 0.319 e. The Balaban J connectivity index is 1.88. The predicted octanol–water partition coefficient (Wildman–Crippen LogP) is 2.76.